The second kappa shape index (κ2) is 5.40. The number of aliphatic hydroxyl groups excluding tert-OH is 1. The molecule has 0 bridgehead atoms. The molecule has 0 aliphatic carbocycles. The van der Waals surface area contributed by atoms with Gasteiger partial charge >= 0.3 is 0 Å². The van der Waals surface area contributed by atoms with Crippen LogP contribution < -0.4 is 4.90 Å². The molecule has 0 aromatic heterocycles. The van der Waals surface area contributed by atoms with Gasteiger partial charge in [-0.2, -0.15) is 0 Å². The van der Waals surface area contributed by atoms with Crippen molar-refractivity contribution < 1.29 is 9.90 Å². The van der Waals surface area contributed by atoms with Crippen molar-refractivity contribution in [1.29, 1.82) is 0 Å². The van der Waals surface area contributed by atoms with Crippen LogP contribution in [0.5, 0.6) is 0 Å². The largest absolute Gasteiger partial charge is 0.388 e. The Morgan fingerprint density at radius 2 is 2.06 bits per heavy atom. The van der Waals surface area contributed by atoms with Gasteiger partial charge in [0.1, 0.15) is 0 Å². The maximum absolute atomic E-state index is 11.8. The number of hydrogen-bond acceptors (Lipinski definition) is 3. The predicted octanol–water partition coefficient (Wildman–Crippen LogP) is 1.41. The van der Waals surface area contributed by atoms with E-state index in [4.69, 9.17) is 0 Å². The summed E-state index contributed by atoms with van der Waals surface area (Å²) in [6.07, 6.45) is 0.217. The van der Waals surface area contributed by atoms with Crippen LogP contribution in [0.2, 0.25) is 0 Å². The van der Waals surface area contributed by atoms with Crippen molar-refractivity contribution in [1.82, 2.24) is 4.90 Å². The van der Waals surface area contributed by atoms with Gasteiger partial charge in [-0.15, -0.1) is 0 Å². The standard InChI is InChI=1S/C14H20N2O2/c1-3-13(17)11-6-4-5-7-12(11)16-9-8-15(2)14(18)10-16/h4-7,13,17H,3,8-10H2,1-2H3/t13-/m1/s1. The molecule has 1 fully saturated rings. The predicted molar refractivity (Wildman–Crippen MR) is 71.5 cm³/mol. The number of anilines is 1. The molecular formula is C14H20N2O2. The Morgan fingerprint density at radius 1 is 1.33 bits per heavy atom. The molecule has 1 aliphatic heterocycles. The van der Waals surface area contributed by atoms with Crippen LogP contribution in [0.1, 0.15) is 25.0 Å². The zero-order chi connectivity index (χ0) is 13.1. The van der Waals surface area contributed by atoms with Crippen LogP contribution in [-0.2, 0) is 4.79 Å². The van der Waals surface area contributed by atoms with Crippen LogP contribution in [0, 0.1) is 0 Å². The molecule has 2 rings (SSSR count). The molecule has 1 amide bonds. The minimum absolute atomic E-state index is 0.127. The van der Waals surface area contributed by atoms with Gasteiger partial charge in [0.2, 0.25) is 5.91 Å². The molecule has 1 heterocycles. The van der Waals surface area contributed by atoms with Gasteiger partial charge in [-0.1, -0.05) is 25.1 Å². The molecule has 1 saturated heterocycles. The lowest BCUT2D eigenvalue weighted by Gasteiger charge is -2.35. The van der Waals surface area contributed by atoms with Gasteiger partial charge in [-0.25, -0.2) is 0 Å². The summed E-state index contributed by atoms with van der Waals surface area (Å²) in [5, 5.41) is 10.0. The third-order valence-corrected chi connectivity index (χ3v) is 3.48. The number of carbonyl (C=O) groups is 1. The van der Waals surface area contributed by atoms with Crippen molar-refractivity contribution in [2.24, 2.45) is 0 Å². The normalized spacial score (nSPS) is 18.1. The first-order valence-corrected chi connectivity index (χ1v) is 6.39. The second-order valence-electron chi connectivity index (χ2n) is 4.72. The summed E-state index contributed by atoms with van der Waals surface area (Å²) >= 11 is 0. The lowest BCUT2D eigenvalue weighted by atomic mass is 10.0. The van der Waals surface area contributed by atoms with Crippen molar-refractivity contribution in [3.63, 3.8) is 0 Å². The minimum Gasteiger partial charge on any atom is -0.388 e. The molecule has 0 radical (unpaired) electrons. The summed E-state index contributed by atoms with van der Waals surface area (Å²) in [6.45, 7) is 3.89. The Kier molecular flexibility index (Phi) is 3.87. The number of amides is 1. The first-order chi connectivity index (χ1) is 8.63. The molecular weight excluding hydrogens is 228 g/mol. The second-order valence-corrected chi connectivity index (χ2v) is 4.72. The highest BCUT2D eigenvalue weighted by molar-refractivity contribution is 5.83. The number of hydrogen-bond donors (Lipinski definition) is 1. The molecule has 1 N–H and O–H groups in total. The maximum Gasteiger partial charge on any atom is 0.241 e. The van der Waals surface area contributed by atoms with E-state index in [1.54, 1.807) is 4.90 Å². The fourth-order valence-electron chi connectivity index (χ4n) is 2.24. The van der Waals surface area contributed by atoms with E-state index < -0.39 is 6.10 Å². The van der Waals surface area contributed by atoms with Crippen LogP contribution in [0.4, 0.5) is 5.69 Å². The Morgan fingerprint density at radius 3 is 2.72 bits per heavy atom. The molecule has 1 aromatic rings. The molecule has 18 heavy (non-hydrogen) atoms. The number of para-hydroxylation sites is 1. The average molecular weight is 248 g/mol. The Hall–Kier alpha value is -1.55. The van der Waals surface area contributed by atoms with Crippen molar-refractivity contribution in [3.8, 4) is 0 Å². The molecule has 1 aromatic carbocycles. The first-order valence-electron chi connectivity index (χ1n) is 6.39. The molecule has 1 atom stereocenters. The van der Waals surface area contributed by atoms with Crippen LogP contribution in [-0.4, -0.2) is 42.6 Å². The van der Waals surface area contributed by atoms with Crippen molar-refractivity contribution in [3.05, 3.63) is 29.8 Å². The van der Waals surface area contributed by atoms with Crippen LogP contribution in [0.25, 0.3) is 0 Å². The summed E-state index contributed by atoms with van der Waals surface area (Å²) in [5.41, 5.74) is 1.89. The molecule has 0 unspecified atom stereocenters. The number of carbonyl (C=O) groups excluding carboxylic acids is 1. The van der Waals surface area contributed by atoms with E-state index in [1.807, 2.05) is 38.2 Å². The fraction of sp³-hybridized carbons (Fsp3) is 0.500. The van der Waals surface area contributed by atoms with E-state index in [-0.39, 0.29) is 5.91 Å². The summed E-state index contributed by atoms with van der Waals surface area (Å²) in [7, 11) is 1.83. The number of rotatable bonds is 3. The molecule has 0 saturated carbocycles. The summed E-state index contributed by atoms with van der Waals surface area (Å²) in [4.78, 5) is 15.5. The highest BCUT2D eigenvalue weighted by Crippen LogP contribution is 2.28. The monoisotopic (exact) mass is 248 g/mol. The van der Waals surface area contributed by atoms with Crippen molar-refractivity contribution in [2.45, 2.75) is 19.4 Å². The van der Waals surface area contributed by atoms with Gasteiger partial charge in [0, 0.05) is 31.4 Å². The lowest BCUT2D eigenvalue weighted by Crippen LogP contribution is -2.48. The third-order valence-electron chi connectivity index (χ3n) is 3.48. The van der Waals surface area contributed by atoms with Gasteiger partial charge in [0.15, 0.2) is 0 Å². The molecule has 4 nitrogen and oxygen atoms in total. The topological polar surface area (TPSA) is 43.8 Å². The minimum atomic E-state index is -0.462. The van der Waals surface area contributed by atoms with Gasteiger partial charge in [0.25, 0.3) is 0 Å². The van der Waals surface area contributed by atoms with E-state index in [0.717, 1.165) is 24.3 Å². The average Bonchev–Trinajstić information content (AvgIpc) is 2.41. The lowest BCUT2D eigenvalue weighted by molar-refractivity contribution is -0.129. The van der Waals surface area contributed by atoms with Crippen LogP contribution in [0.15, 0.2) is 24.3 Å². The molecule has 4 heteroatoms. The van der Waals surface area contributed by atoms with Crippen molar-refractivity contribution >= 4 is 11.6 Å². The summed E-state index contributed by atoms with van der Waals surface area (Å²) in [6, 6.07) is 7.79. The van der Waals surface area contributed by atoms with Gasteiger partial charge in [-0.05, 0) is 12.5 Å². The van der Waals surface area contributed by atoms with Gasteiger partial charge < -0.3 is 14.9 Å². The van der Waals surface area contributed by atoms with E-state index in [1.165, 1.54) is 0 Å². The van der Waals surface area contributed by atoms with E-state index in [0.29, 0.717) is 13.0 Å². The molecule has 1 aliphatic rings. The first kappa shape index (κ1) is 12.9. The Bertz CT molecular complexity index is 434. The van der Waals surface area contributed by atoms with Crippen LogP contribution in [0.3, 0.4) is 0 Å². The highest BCUT2D eigenvalue weighted by Gasteiger charge is 2.23. The smallest absolute Gasteiger partial charge is 0.241 e. The number of aliphatic hydroxyl groups is 1. The van der Waals surface area contributed by atoms with Gasteiger partial charge in [0.05, 0.1) is 12.6 Å². The maximum atomic E-state index is 11.8. The highest BCUT2D eigenvalue weighted by atomic mass is 16.3. The van der Waals surface area contributed by atoms with E-state index in [9.17, 15) is 9.90 Å². The number of benzene rings is 1. The van der Waals surface area contributed by atoms with E-state index in [2.05, 4.69) is 4.90 Å². The zero-order valence-corrected chi connectivity index (χ0v) is 11.0. The molecule has 98 valence electrons. The molecule has 0 spiro atoms. The summed E-state index contributed by atoms with van der Waals surface area (Å²) < 4.78 is 0. The number of nitrogens with zero attached hydrogens (tertiary/aromatic N) is 2. The van der Waals surface area contributed by atoms with E-state index >= 15 is 0 Å². The quantitative estimate of drug-likeness (QED) is 0.879. The SMILES string of the molecule is CC[C@@H](O)c1ccccc1N1CCN(C)C(=O)C1. The van der Waals surface area contributed by atoms with Crippen LogP contribution >= 0.6 is 0 Å². The van der Waals surface area contributed by atoms with Crippen molar-refractivity contribution in [2.75, 3.05) is 31.6 Å². The Labute approximate surface area is 108 Å². The third kappa shape index (κ3) is 2.48. The Balaban J connectivity index is 2.25. The van der Waals surface area contributed by atoms with Gasteiger partial charge in [-0.3, -0.25) is 4.79 Å². The fourth-order valence-corrected chi connectivity index (χ4v) is 2.24. The number of likely N-dealkylation sites (N-methyl/N-ethyl adjacent to an activating group) is 1. The zero-order valence-electron chi connectivity index (χ0n) is 11.0. The summed E-state index contributed by atoms with van der Waals surface area (Å²) in [5.74, 6) is 0.127. The number of piperazine rings is 1.